The minimum absolute atomic E-state index is 0.188. The summed E-state index contributed by atoms with van der Waals surface area (Å²) < 4.78 is 41.1. The second-order valence-corrected chi connectivity index (χ2v) is 10.4. The molecule has 0 bridgehead atoms. The van der Waals surface area contributed by atoms with Crippen LogP contribution < -0.4 is 10.2 Å². The quantitative estimate of drug-likeness (QED) is 0.399. The van der Waals surface area contributed by atoms with Crippen LogP contribution in [0.5, 0.6) is 0 Å². The van der Waals surface area contributed by atoms with Crippen LogP contribution in [0.25, 0.3) is 11.3 Å². The van der Waals surface area contributed by atoms with Crippen molar-refractivity contribution in [3.05, 3.63) is 66.0 Å². The number of aromatic amines is 1. The smallest absolute Gasteiger partial charge is 0.382 e. The van der Waals surface area contributed by atoms with Gasteiger partial charge in [0.25, 0.3) is 11.8 Å². The standard InChI is InChI=1S/C29H33F3N6O3/c30-29(31,32)22-17-23(20-7-3-1-4-8-20)35-26(22)27(40)34-21-9-10-25(33-18-21)37-13-15-38(16-14-37)28(41)24(39)19-36-11-5-2-6-12-36/h1,3-4,7-10,17-18,24,35,39H,2,5-6,11-16,19H2,(H,34,40). The Balaban J connectivity index is 1.18. The number of carbonyl (C=O) groups is 2. The molecule has 12 heteroatoms. The van der Waals surface area contributed by atoms with Crippen molar-refractivity contribution in [1.29, 1.82) is 0 Å². The maximum absolute atomic E-state index is 13.7. The Hall–Kier alpha value is -3.90. The minimum atomic E-state index is -4.72. The molecule has 2 aromatic heterocycles. The summed E-state index contributed by atoms with van der Waals surface area (Å²) in [5.41, 5.74) is -0.664. The highest BCUT2D eigenvalue weighted by Gasteiger charge is 2.37. The molecule has 1 unspecified atom stereocenters. The number of piperidine rings is 1. The van der Waals surface area contributed by atoms with Gasteiger partial charge < -0.3 is 30.1 Å². The SMILES string of the molecule is O=C(Nc1ccc(N2CCN(C(=O)C(O)CN3CCCCC3)CC2)nc1)c1[nH]c(-c2ccccc2)cc1C(F)(F)F. The van der Waals surface area contributed by atoms with Gasteiger partial charge in [0.15, 0.2) is 0 Å². The number of aliphatic hydroxyl groups excluding tert-OH is 1. The molecular formula is C29H33F3N6O3. The molecule has 2 aliphatic rings. The highest BCUT2D eigenvalue weighted by molar-refractivity contribution is 6.04. The van der Waals surface area contributed by atoms with Gasteiger partial charge in [-0.1, -0.05) is 36.8 Å². The summed E-state index contributed by atoms with van der Waals surface area (Å²) in [6.07, 6.45) is -1.00. The molecule has 5 rings (SSSR count). The molecule has 218 valence electrons. The fourth-order valence-electron chi connectivity index (χ4n) is 5.30. The van der Waals surface area contributed by atoms with E-state index in [2.05, 4.69) is 20.2 Å². The number of hydrogen-bond donors (Lipinski definition) is 3. The normalized spacial score (nSPS) is 17.4. The van der Waals surface area contributed by atoms with Crippen LogP contribution in [-0.4, -0.2) is 88.6 Å². The molecule has 3 aromatic rings. The third kappa shape index (κ3) is 6.88. The van der Waals surface area contributed by atoms with E-state index in [1.165, 1.54) is 12.6 Å². The van der Waals surface area contributed by atoms with Gasteiger partial charge >= 0.3 is 6.18 Å². The number of benzene rings is 1. The van der Waals surface area contributed by atoms with E-state index in [0.29, 0.717) is 44.1 Å². The number of aromatic nitrogens is 2. The molecule has 0 spiro atoms. The predicted octanol–water partition coefficient (Wildman–Crippen LogP) is 3.84. The van der Waals surface area contributed by atoms with Gasteiger partial charge in [-0.2, -0.15) is 13.2 Å². The molecule has 9 nitrogen and oxygen atoms in total. The number of nitrogens with zero attached hydrogens (tertiary/aromatic N) is 4. The zero-order chi connectivity index (χ0) is 29.0. The molecule has 1 atom stereocenters. The first-order chi connectivity index (χ1) is 19.7. The number of carbonyl (C=O) groups excluding carboxylic acids is 2. The average Bonchev–Trinajstić information content (AvgIpc) is 3.45. The molecule has 0 saturated carbocycles. The van der Waals surface area contributed by atoms with Gasteiger partial charge in [-0.25, -0.2) is 4.98 Å². The third-order valence-corrected chi connectivity index (χ3v) is 7.52. The monoisotopic (exact) mass is 570 g/mol. The summed E-state index contributed by atoms with van der Waals surface area (Å²) in [5, 5.41) is 13.0. The minimum Gasteiger partial charge on any atom is -0.382 e. The summed E-state index contributed by atoms with van der Waals surface area (Å²) in [6.45, 7) is 4.07. The molecule has 0 radical (unpaired) electrons. The Kier molecular flexibility index (Phi) is 8.60. The van der Waals surface area contributed by atoms with Crippen LogP contribution in [0.3, 0.4) is 0 Å². The fraction of sp³-hybridized carbons (Fsp3) is 0.414. The topological polar surface area (TPSA) is 105 Å². The average molecular weight is 571 g/mol. The lowest BCUT2D eigenvalue weighted by Gasteiger charge is -2.37. The van der Waals surface area contributed by atoms with E-state index in [-0.39, 0.29) is 17.3 Å². The van der Waals surface area contributed by atoms with E-state index in [1.54, 1.807) is 47.4 Å². The number of H-pyrrole nitrogens is 1. The van der Waals surface area contributed by atoms with Gasteiger partial charge in [0, 0.05) is 38.4 Å². The van der Waals surface area contributed by atoms with Crippen molar-refractivity contribution in [3.63, 3.8) is 0 Å². The molecule has 3 N–H and O–H groups in total. The summed E-state index contributed by atoms with van der Waals surface area (Å²) in [6, 6.07) is 12.7. The Bertz CT molecular complexity index is 1330. The zero-order valence-corrected chi connectivity index (χ0v) is 22.5. The van der Waals surface area contributed by atoms with Crippen LogP contribution in [0.1, 0.15) is 35.3 Å². The van der Waals surface area contributed by atoms with Crippen molar-refractivity contribution < 1.29 is 27.9 Å². The van der Waals surface area contributed by atoms with E-state index in [0.717, 1.165) is 32.0 Å². The van der Waals surface area contributed by atoms with Crippen molar-refractivity contribution in [2.45, 2.75) is 31.5 Å². The first kappa shape index (κ1) is 28.6. The van der Waals surface area contributed by atoms with E-state index in [1.807, 2.05) is 4.90 Å². The molecule has 2 saturated heterocycles. The molecule has 2 fully saturated rings. The summed E-state index contributed by atoms with van der Waals surface area (Å²) >= 11 is 0. The Labute approximate surface area is 236 Å². The van der Waals surface area contributed by atoms with Gasteiger partial charge in [0.2, 0.25) is 0 Å². The van der Waals surface area contributed by atoms with Gasteiger partial charge in [-0.15, -0.1) is 0 Å². The van der Waals surface area contributed by atoms with Gasteiger partial charge in [0.1, 0.15) is 17.6 Å². The number of hydrogen-bond acceptors (Lipinski definition) is 6. The second-order valence-electron chi connectivity index (χ2n) is 10.4. The van der Waals surface area contributed by atoms with Crippen LogP contribution in [0.15, 0.2) is 54.7 Å². The Morgan fingerprint density at radius 3 is 2.32 bits per heavy atom. The van der Waals surface area contributed by atoms with E-state index < -0.39 is 29.4 Å². The highest BCUT2D eigenvalue weighted by atomic mass is 19.4. The molecule has 4 heterocycles. The molecule has 2 amide bonds. The van der Waals surface area contributed by atoms with Crippen LogP contribution in [0.4, 0.5) is 24.7 Å². The van der Waals surface area contributed by atoms with Crippen molar-refractivity contribution >= 4 is 23.3 Å². The first-order valence-corrected chi connectivity index (χ1v) is 13.8. The number of β-amino-alcohol motifs (C(OH)–C–C–N with tert-alkyl or cyclic N) is 1. The van der Waals surface area contributed by atoms with Gasteiger partial charge in [0.05, 0.1) is 17.4 Å². The van der Waals surface area contributed by atoms with Crippen molar-refractivity contribution in [1.82, 2.24) is 19.8 Å². The number of likely N-dealkylation sites (tertiary alicyclic amines) is 1. The van der Waals surface area contributed by atoms with Gasteiger partial charge in [-0.3, -0.25) is 9.59 Å². The summed E-state index contributed by atoms with van der Waals surface area (Å²) in [4.78, 5) is 38.4. The predicted molar refractivity (Wildman–Crippen MR) is 149 cm³/mol. The number of anilines is 2. The van der Waals surface area contributed by atoms with Crippen LogP contribution in [0, 0.1) is 0 Å². The Morgan fingerprint density at radius 2 is 1.68 bits per heavy atom. The molecule has 0 aliphatic carbocycles. The van der Waals surface area contributed by atoms with Crippen molar-refractivity contribution in [2.24, 2.45) is 0 Å². The number of nitrogens with one attached hydrogen (secondary N) is 2. The summed E-state index contributed by atoms with van der Waals surface area (Å²) in [7, 11) is 0. The van der Waals surface area contributed by atoms with Crippen molar-refractivity contribution in [2.75, 3.05) is 56.0 Å². The zero-order valence-electron chi connectivity index (χ0n) is 22.5. The Morgan fingerprint density at radius 1 is 0.976 bits per heavy atom. The summed E-state index contributed by atoms with van der Waals surface area (Å²) in [5.74, 6) is -0.574. The molecule has 1 aromatic carbocycles. The lowest BCUT2D eigenvalue weighted by molar-refractivity contribution is -0.141. The van der Waals surface area contributed by atoms with Crippen LogP contribution in [0.2, 0.25) is 0 Å². The number of pyridine rings is 1. The number of aliphatic hydroxyl groups is 1. The highest BCUT2D eigenvalue weighted by Crippen LogP contribution is 2.35. The number of alkyl halides is 3. The molecular weight excluding hydrogens is 537 g/mol. The fourth-order valence-corrected chi connectivity index (χ4v) is 5.30. The van der Waals surface area contributed by atoms with E-state index >= 15 is 0 Å². The lowest BCUT2D eigenvalue weighted by atomic mass is 10.1. The third-order valence-electron chi connectivity index (χ3n) is 7.52. The second kappa shape index (κ2) is 12.3. The van der Waals surface area contributed by atoms with Gasteiger partial charge in [-0.05, 0) is 49.7 Å². The van der Waals surface area contributed by atoms with Crippen LogP contribution >= 0.6 is 0 Å². The maximum Gasteiger partial charge on any atom is 0.418 e. The largest absolute Gasteiger partial charge is 0.418 e. The number of halogens is 3. The number of amides is 2. The number of rotatable bonds is 7. The lowest BCUT2D eigenvalue weighted by Crippen LogP contribution is -2.53. The number of piperazine rings is 1. The van der Waals surface area contributed by atoms with E-state index in [9.17, 15) is 27.9 Å². The van der Waals surface area contributed by atoms with Crippen LogP contribution in [-0.2, 0) is 11.0 Å². The maximum atomic E-state index is 13.7. The van der Waals surface area contributed by atoms with E-state index in [4.69, 9.17) is 0 Å². The molecule has 41 heavy (non-hydrogen) atoms. The molecule has 2 aliphatic heterocycles. The first-order valence-electron chi connectivity index (χ1n) is 13.8. The van der Waals surface area contributed by atoms with Crippen molar-refractivity contribution in [3.8, 4) is 11.3 Å².